The minimum atomic E-state index is -0.200. The van der Waals surface area contributed by atoms with Crippen molar-refractivity contribution in [1.82, 2.24) is 14.8 Å². The molecule has 1 aliphatic rings. The summed E-state index contributed by atoms with van der Waals surface area (Å²) in [6, 6.07) is 5.69. The highest BCUT2D eigenvalue weighted by Crippen LogP contribution is 2.25. The number of nitrogens with one attached hydrogen (secondary N) is 1. The molecule has 2 heterocycles. The number of fused-ring (bicyclic) bond motifs is 1. The summed E-state index contributed by atoms with van der Waals surface area (Å²) in [6.45, 7) is 6.21. The van der Waals surface area contributed by atoms with Gasteiger partial charge in [-0.2, -0.15) is 5.10 Å². The van der Waals surface area contributed by atoms with Crippen LogP contribution in [-0.4, -0.2) is 21.0 Å². The van der Waals surface area contributed by atoms with E-state index in [1.807, 2.05) is 31.3 Å². The van der Waals surface area contributed by atoms with E-state index >= 15 is 0 Å². The van der Waals surface area contributed by atoms with Crippen molar-refractivity contribution in [3.63, 3.8) is 0 Å². The molecule has 1 amide bonds. The van der Waals surface area contributed by atoms with Crippen molar-refractivity contribution in [2.75, 3.05) is 0 Å². The fourth-order valence-electron chi connectivity index (χ4n) is 3.29. The van der Waals surface area contributed by atoms with Crippen molar-refractivity contribution in [2.45, 2.75) is 40.0 Å². The van der Waals surface area contributed by atoms with E-state index in [4.69, 9.17) is 0 Å². The number of carbonyl (C=O) groups is 1. The summed E-state index contributed by atoms with van der Waals surface area (Å²) in [5, 5.41) is 4.43. The lowest BCUT2D eigenvalue weighted by Gasteiger charge is -2.26. The molecule has 22 heavy (non-hydrogen) atoms. The molecule has 0 unspecified atom stereocenters. The molecule has 5 heteroatoms. The zero-order valence-electron chi connectivity index (χ0n) is 13.3. The third-order valence-electron chi connectivity index (χ3n) is 4.49. The van der Waals surface area contributed by atoms with Gasteiger partial charge in [0.15, 0.2) is 0 Å². The van der Waals surface area contributed by atoms with Gasteiger partial charge in [-0.25, -0.2) is 10.4 Å². The third-order valence-corrected chi connectivity index (χ3v) is 4.49. The summed E-state index contributed by atoms with van der Waals surface area (Å²) in [4.78, 5) is 16.9. The predicted molar refractivity (Wildman–Crippen MR) is 87.0 cm³/mol. The van der Waals surface area contributed by atoms with Crippen LogP contribution in [0.4, 0.5) is 0 Å². The monoisotopic (exact) mass is 298 g/mol. The summed E-state index contributed by atoms with van der Waals surface area (Å²) in [5.74, 6) is 0.674. The SMILES string of the molecule is Cc1nc2ccccn2c1C(=O)NN=C1[C@H](C)CCC[C@H]1C. The Labute approximate surface area is 130 Å². The van der Waals surface area contributed by atoms with Crippen LogP contribution >= 0.6 is 0 Å². The van der Waals surface area contributed by atoms with Gasteiger partial charge in [0.2, 0.25) is 0 Å². The summed E-state index contributed by atoms with van der Waals surface area (Å²) < 4.78 is 1.80. The maximum atomic E-state index is 12.5. The van der Waals surface area contributed by atoms with E-state index < -0.39 is 0 Å². The van der Waals surface area contributed by atoms with Gasteiger partial charge in [0.1, 0.15) is 11.3 Å². The molecule has 0 bridgehead atoms. The molecule has 2 aromatic heterocycles. The first-order chi connectivity index (χ1) is 10.6. The number of imidazole rings is 1. The van der Waals surface area contributed by atoms with Crippen LogP contribution in [0.15, 0.2) is 29.5 Å². The Morgan fingerprint density at radius 2 is 2.05 bits per heavy atom. The Kier molecular flexibility index (Phi) is 3.96. The highest BCUT2D eigenvalue weighted by molar-refractivity contribution is 5.96. The van der Waals surface area contributed by atoms with E-state index in [1.54, 1.807) is 4.40 Å². The number of aryl methyl sites for hydroxylation is 1. The van der Waals surface area contributed by atoms with Crippen LogP contribution in [0.25, 0.3) is 5.65 Å². The fourth-order valence-corrected chi connectivity index (χ4v) is 3.29. The number of hydrogen-bond acceptors (Lipinski definition) is 3. The number of hydrazone groups is 1. The van der Waals surface area contributed by atoms with Crippen molar-refractivity contribution < 1.29 is 4.79 Å². The minimum Gasteiger partial charge on any atom is -0.295 e. The molecule has 116 valence electrons. The molecule has 0 saturated heterocycles. The van der Waals surface area contributed by atoms with Gasteiger partial charge in [-0.05, 0) is 43.7 Å². The Morgan fingerprint density at radius 3 is 2.77 bits per heavy atom. The molecule has 0 aromatic carbocycles. The van der Waals surface area contributed by atoms with E-state index in [-0.39, 0.29) is 5.91 Å². The lowest BCUT2D eigenvalue weighted by molar-refractivity contribution is 0.0947. The molecule has 1 N–H and O–H groups in total. The quantitative estimate of drug-likeness (QED) is 0.866. The van der Waals surface area contributed by atoms with Crippen molar-refractivity contribution in [1.29, 1.82) is 0 Å². The number of amides is 1. The van der Waals surface area contributed by atoms with Gasteiger partial charge in [-0.3, -0.25) is 9.20 Å². The van der Waals surface area contributed by atoms with Crippen LogP contribution in [0.3, 0.4) is 0 Å². The Bertz CT molecular complexity index is 719. The summed E-state index contributed by atoms with van der Waals surface area (Å²) >= 11 is 0. The summed E-state index contributed by atoms with van der Waals surface area (Å²) in [5.41, 5.74) is 5.88. The number of pyridine rings is 1. The molecule has 5 nitrogen and oxygen atoms in total. The van der Waals surface area contributed by atoms with E-state index in [1.165, 1.54) is 6.42 Å². The average molecular weight is 298 g/mol. The zero-order valence-corrected chi connectivity index (χ0v) is 13.3. The minimum absolute atomic E-state index is 0.200. The van der Waals surface area contributed by atoms with Crippen LogP contribution in [0.2, 0.25) is 0 Å². The first kappa shape index (κ1) is 14.8. The number of nitrogens with zero attached hydrogens (tertiary/aromatic N) is 3. The van der Waals surface area contributed by atoms with E-state index in [0.717, 1.165) is 24.2 Å². The van der Waals surface area contributed by atoms with Crippen molar-refractivity contribution >= 4 is 17.3 Å². The second-order valence-electron chi connectivity index (χ2n) is 6.19. The molecule has 1 fully saturated rings. The number of aromatic nitrogens is 2. The Morgan fingerprint density at radius 1 is 1.32 bits per heavy atom. The second kappa shape index (κ2) is 5.91. The maximum Gasteiger partial charge on any atom is 0.290 e. The third kappa shape index (κ3) is 2.63. The highest BCUT2D eigenvalue weighted by atomic mass is 16.2. The second-order valence-corrected chi connectivity index (χ2v) is 6.19. The normalized spacial score (nSPS) is 21.9. The molecule has 0 aliphatic heterocycles. The zero-order chi connectivity index (χ0) is 15.7. The van der Waals surface area contributed by atoms with Gasteiger partial charge in [0.05, 0.1) is 5.69 Å². The summed E-state index contributed by atoms with van der Waals surface area (Å²) in [6.07, 6.45) is 5.38. The Hall–Kier alpha value is -2.17. The topological polar surface area (TPSA) is 58.8 Å². The number of rotatable bonds is 2. The smallest absolute Gasteiger partial charge is 0.290 e. The summed E-state index contributed by atoms with van der Waals surface area (Å²) in [7, 11) is 0. The number of carbonyl (C=O) groups excluding carboxylic acids is 1. The van der Waals surface area contributed by atoms with Crippen molar-refractivity contribution in [3.8, 4) is 0 Å². The van der Waals surface area contributed by atoms with Crippen LogP contribution in [-0.2, 0) is 0 Å². The lowest BCUT2D eigenvalue weighted by atomic mass is 9.81. The molecule has 0 spiro atoms. The first-order valence-corrected chi connectivity index (χ1v) is 7.89. The molecule has 0 radical (unpaired) electrons. The van der Waals surface area contributed by atoms with Crippen LogP contribution < -0.4 is 5.43 Å². The fraction of sp³-hybridized carbons (Fsp3) is 0.471. The molecule has 2 atom stereocenters. The van der Waals surface area contributed by atoms with Crippen LogP contribution in [0.5, 0.6) is 0 Å². The van der Waals surface area contributed by atoms with Gasteiger partial charge < -0.3 is 0 Å². The molecule has 1 saturated carbocycles. The van der Waals surface area contributed by atoms with Crippen LogP contribution in [0.1, 0.15) is 49.3 Å². The molecular weight excluding hydrogens is 276 g/mol. The maximum absolute atomic E-state index is 12.5. The molecule has 3 rings (SSSR count). The molecule has 1 aliphatic carbocycles. The Balaban J connectivity index is 1.86. The van der Waals surface area contributed by atoms with E-state index in [9.17, 15) is 4.79 Å². The molecular formula is C17H22N4O. The van der Waals surface area contributed by atoms with E-state index in [2.05, 4.69) is 29.4 Å². The van der Waals surface area contributed by atoms with Gasteiger partial charge in [-0.1, -0.05) is 26.3 Å². The van der Waals surface area contributed by atoms with Gasteiger partial charge in [0.25, 0.3) is 5.91 Å². The molecule has 2 aromatic rings. The standard InChI is InChI=1S/C17H22N4O/c1-11-7-6-8-12(2)15(11)19-20-17(22)16-13(3)18-14-9-4-5-10-21(14)16/h4-5,9-12H,6-8H2,1-3H3,(H,20,22)/t11-,12-/m1/s1. The average Bonchev–Trinajstić information content (AvgIpc) is 2.82. The van der Waals surface area contributed by atoms with Gasteiger partial charge >= 0.3 is 0 Å². The van der Waals surface area contributed by atoms with Crippen LogP contribution in [0, 0.1) is 18.8 Å². The van der Waals surface area contributed by atoms with Crippen molar-refractivity contribution in [2.24, 2.45) is 16.9 Å². The predicted octanol–water partition coefficient (Wildman–Crippen LogP) is 3.18. The highest BCUT2D eigenvalue weighted by Gasteiger charge is 2.23. The van der Waals surface area contributed by atoms with E-state index in [0.29, 0.717) is 23.2 Å². The lowest BCUT2D eigenvalue weighted by Crippen LogP contribution is -2.29. The van der Waals surface area contributed by atoms with Gasteiger partial charge in [-0.15, -0.1) is 0 Å². The van der Waals surface area contributed by atoms with Gasteiger partial charge in [0, 0.05) is 11.9 Å². The largest absolute Gasteiger partial charge is 0.295 e. The van der Waals surface area contributed by atoms with Crippen molar-refractivity contribution in [3.05, 3.63) is 35.8 Å². The first-order valence-electron chi connectivity index (χ1n) is 7.89. The number of hydrogen-bond donors (Lipinski definition) is 1.